The van der Waals surface area contributed by atoms with E-state index in [9.17, 15) is 4.79 Å². The van der Waals surface area contributed by atoms with Gasteiger partial charge in [-0.2, -0.15) is 0 Å². The molecule has 6 heteroatoms. The third-order valence-corrected chi connectivity index (χ3v) is 4.10. The molecule has 1 heterocycles. The van der Waals surface area contributed by atoms with Crippen molar-refractivity contribution in [2.45, 2.75) is 32.7 Å². The Hall–Kier alpha value is -1.14. The lowest BCUT2D eigenvalue weighted by Crippen LogP contribution is -2.27. The van der Waals surface area contributed by atoms with Crippen LogP contribution in [0.4, 0.5) is 5.13 Å². The first-order chi connectivity index (χ1) is 9.11. The van der Waals surface area contributed by atoms with Crippen molar-refractivity contribution >= 4 is 22.4 Å². The van der Waals surface area contributed by atoms with E-state index in [1.807, 2.05) is 6.92 Å². The minimum Gasteiger partial charge on any atom is -0.461 e. The molecule has 0 unspecified atom stereocenters. The molecular formula is C13H21N3O2S. The number of hydrogen-bond donors (Lipinski definition) is 1. The van der Waals surface area contributed by atoms with Gasteiger partial charge in [-0.05, 0) is 33.7 Å². The van der Waals surface area contributed by atoms with Crippen LogP contribution in [0.1, 0.15) is 35.1 Å². The fraction of sp³-hybridized carbons (Fsp3) is 0.692. The highest BCUT2D eigenvalue weighted by molar-refractivity contribution is 7.15. The molecule has 0 bridgehead atoms. The molecule has 1 aromatic rings. The van der Waals surface area contributed by atoms with Gasteiger partial charge in [0.25, 0.3) is 0 Å². The molecule has 1 N–H and O–H groups in total. The van der Waals surface area contributed by atoms with E-state index < -0.39 is 0 Å². The standard InChI is InChI=1S/C13H21N3O2S/c1-4-18-12(17)11-9(2)19-13(15-11)14-7-8-16(3)10-5-6-10/h10H,4-8H2,1-3H3,(H,14,15). The van der Waals surface area contributed by atoms with E-state index in [-0.39, 0.29) is 5.97 Å². The monoisotopic (exact) mass is 283 g/mol. The van der Waals surface area contributed by atoms with Gasteiger partial charge in [0, 0.05) is 24.0 Å². The minimum atomic E-state index is -0.334. The fourth-order valence-corrected chi connectivity index (χ4v) is 2.72. The van der Waals surface area contributed by atoms with Crippen molar-refractivity contribution < 1.29 is 9.53 Å². The fourth-order valence-electron chi connectivity index (χ4n) is 1.90. The number of likely N-dealkylation sites (N-methyl/N-ethyl adjacent to an activating group) is 1. The highest BCUT2D eigenvalue weighted by Crippen LogP contribution is 2.25. The Balaban J connectivity index is 1.83. The van der Waals surface area contributed by atoms with Crippen molar-refractivity contribution in [1.29, 1.82) is 0 Å². The van der Waals surface area contributed by atoms with Crippen molar-refractivity contribution in [1.82, 2.24) is 9.88 Å². The topological polar surface area (TPSA) is 54.5 Å². The molecule has 0 radical (unpaired) electrons. The van der Waals surface area contributed by atoms with Crippen molar-refractivity contribution in [3.05, 3.63) is 10.6 Å². The predicted octanol–water partition coefficient (Wildman–Crippen LogP) is 2.13. The van der Waals surface area contributed by atoms with Crippen LogP contribution in [0.5, 0.6) is 0 Å². The lowest BCUT2D eigenvalue weighted by molar-refractivity contribution is 0.0519. The van der Waals surface area contributed by atoms with Gasteiger partial charge in [-0.15, -0.1) is 11.3 Å². The summed E-state index contributed by atoms with van der Waals surface area (Å²) in [4.78, 5) is 19.2. The third kappa shape index (κ3) is 3.91. The Morgan fingerprint density at radius 3 is 2.95 bits per heavy atom. The Kier molecular flexibility index (Phi) is 4.76. The third-order valence-electron chi connectivity index (χ3n) is 3.18. The number of thiazole rings is 1. The van der Waals surface area contributed by atoms with Gasteiger partial charge in [0.2, 0.25) is 0 Å². The van der Waals surface area contributed by atoms with Crippen molar-refractivity contribution in [3.8, 4) is 0 Å². The number of nitrogens with zero attached hydrogens (tertiary/aromatic N) is 2. The highest BCUT2D eigenvalue weighted by atomic mass is 32.1. The van der Waals surface area contributed by atoms with Gasteiger partial charge in [0.15, 0.2) is 10.8 Å². The molecule has 1 fully saturated rings. The highest BCUT2D eigenvalue weighted by Gasteiger charge is 2.25. The summed E-state index contributed by atoms with van der Waals surface area (Å²) >= 11 is 1.50. The molecule has 1 aromatic heterocycles. The SMILES string of the molecule is CCOC(=O)c1nc(NCCN(C)C2CC2)sc1C. The Labute approximate surface area is 118 Å². The van der Waals surface area contributed by atoms with Gasteiger partial charge in [0.1, 0.15) is 0 Å². The van der Waals surface area contributed by atoms with Crippen LogP contribution in [0.25, 0.3) is 0 Å². The Morgan fingerprint density at radius 2 is 2.32 bits per heavy atom. The maximum Gasteiger partial charge on any atom is 0.358 e. The quantitative estimate of drug-likeness (QED) is 0.777. The van der Waals surface area contributed by atoms with Gasteiger partial charge in [-0.25, -0.2) is 9.78 Å². The number of carbonyl (C=O) groups is 1. The molecule has 0 aromatic carbocycles. The zero-order chi connectivity index (χ0) is 13.8. The van der Waals surface area contributed by atoms with E-state index in [0.717, 1.165) is 29.1 Å². The molecule has 0 aliphatic heterocycles. The summed E-state index contributed by atoms with van der Waals surface area (Å²) in [7, 11) is 2.15. The first kappa shape index (κ1) is 14.3. The molecule has 1 saturated carbocycles. The molecular weight excluding hydrogens is 262 g/mol. The van der Waals surface area contributed by atoms with Gasteiger partial charge in [-0.1, -0.05) is 0 Å². The van der Waals surface area contributed by atoms with Crippen molar-refractivity contribution in [2.75, 3.05) is 32.1 Å². The lowest BCUT2D eigenvalue weighted by Gasteiger charge is -2.15. The van der Waals surface area contributed by atoms with Crippen molar-refractivity contribution in [3.63, 3.8) is 0 Å². The zero-order valence-corrected chi connectivity index (χ0v) is 12.5. The van der Waals surface area contributed by atoms with Crippen LogP contribution in [0, 0.1) is 6.92 Å². The van der Waals surface area contributed by atoms with Gasteiger partial charge in [-0.3, -0.25) is 0 Å². The number of rotatable bonds is 7. The summed E-state index contributed by atoms with van der Waals surface area (Å²) in [6, 6.07) is 0.773. The summed E-state index contributed by atoms with van der Waals surface area (Å²) in [6.07, 6.45) is 2.64. The Bertz CT molecular complexity index is 443. The second-order valence-electron chi connectivity index (χ2n) is 4.78. The maximum atomic E-state index is 11.6. The summed E-state index contributed by atoms with van der Waals surface area (Å²) in [5.41, 5.74) is 0.435. The van der Waals surface area contributed by atoms with E-state index in [4.69, 9.17) is 4.74 Å². The van der Waals surface area contributed by atoms with Crippen LogP contribution >= 0.6 is 11.3 Å². The molecule has 2 rings (SSSR count). The summed E-state index contributed by atoms with van der Waals surface area (Å²) < 4.78 is 4.97. The predicted molar refractivity (Wildman–Crippen MR) is 76.9 cm³/mol. The van der Waals surface area contributed by atoms with Crippen LogP contribution in [0.2, 0.25) is 0 Å². The largest absolute Gasteiger partial charge is 0.461 e. The molecule has 0 saturated heterocycles. The van der Waals surface area contributed by atoms with Gasteiger partial charge in [0.05, 0.1) is 6.61 Å². The van der Waals surface area contributed by atoms with Gasteiger partial charge < -0.3 is 15.0 Å². The summed E-state index contributed by atoms with van der Waals surface area (Å²) in [6.45, 7) is 5.92. The smallest absolute Gasteiger partial charge is 0.358 e. The number of aryl methyl sites for hydroxylation is 1. The number of ether oxygens (including phenoxy) is 1. The van der Waals surface area contributed by atoms with Crippen LogP contribution in [0.15, 0.2) is 0 Å². The van der Waals surface area contributed by atoms with E-state index in [0.29, 0.717) is 12.3 Å². The van der Waals surface area contributed by atoms with E-state index >= 15 is 0 Å². The maximum absolute atomic E-state index is 11.6. The van der Waals surface area contributed by atoms with E-state index in [1.54, 1.807) is 6.92 Å². The number of aromatic nitrogens is 1. The second kappa shape index (κ2) is 6.34. The van der Waals surface area contributed by atoms with E-state index in [2.05, 4.69) is 22.2 Å². The number of esters is 1. The number of nitrogens with one attached hydrogen (secondary N) is 1. The number of hydrogen-bond acceptors (Lipinski definition) is 6. The summed E-state index contributed by atoms with van der Waals surface area (Å²) in [5.74, 6) is -0.334. The molecule has 1 aliphatic rings. The molecule has 0 atom stereocenters. The van der Waals surface area contributed by atoms with Crippen molar-refractivity contribution in [2.24, 2.45) is 0 Å². The lowest BCUT2D eigenvalue weighted by atomic mass is 10.4. The van der Waals surface area contributed by atoms with Gasteiger partial charge >= 0.3 is 5.97 Å². The second-order valence-corrected chi connectivity index (χ2v) is 5.99. The molecule has 5 nitrogen and oxygen atoms in total. The normalized spacial score (nSPS) is 14.7. The minimum absolute atomic E-state index is 0.334. The average Bonchev–Trinajstić information content (AvgIpc) is 3.14. The van der Waals surface area contributed by atoms with Crippen LogP contribution < -0.4 is 5.32 Å². The summed E-state index contributed by atoms with van der Waals surface area (Å²) in [5, 5.41) is 4.07. The van der Waals surface area contributed by atoms with E-state index in [1.165, 1.54) is 24.2 Å². The molecule has 0 spiro atoms. The number of carbonyl (C=O) groups excluding carboxylic acids is 1. The van der Waals surface area contributed by atoms with Crippen LogP contribution in [-0.2, 0) is 4.74 Å². The molecule has 19 heavy (non-hydrogen) atoms. The molecule has 106 valence electrons. The first-order valence-electron chi connectivity index (χ1n) is 6.70. The number of anilines is 1. The Morgan fingerprint density at radius 1 is 1.58 bits per heavy atom. The molecule has 0 amide bonds. The average molecular weight is 283 g/mol. The zero-order valence-electron chi connectivity index (χ0n) is 11.7. The first-order valence-corrected chi connectivity index (χ1v) is 7.52. The van der Waals surface area contributed by atoms with Crippen LogP contribution in [-0.4, -0.2) is 48.6 Å². The van der Waals surface area contributed by atoms with Crippen LogP contribution in [0.3, 0.4) is 0 Å². The molecule has 1 aliphatic carbocycles.